The Bertz CT molecular complexity index is 722. The third-order valence-corrected chi connectivity index (χ3v) is 4.10. The topological polar surface area (TPSA) is 61.4 Å². The highest BCUT2D eigenvalue weighted by Gasteiger charge is 2.06. The van der Waals surface area contributed by atoms with Gasteiger partial charge in [0, 0.05) is 31.9 Å². The quantitative estimate of drug-likeness (QED) is 0.766. The molecule has 2 N–H and O–H groups in total. The minimum Gasteiger partial charge on any atom is -0.378 e. The van der Waals surface area contributed by atoms with Crippen molar-refractivity contribution in [2.75, 3.05) is 30.9 Å². The Balaban J connectivity index is 1.66. The molecule has 0 unspecified atom stereocenters. The van der Waals surface area contributed by atoms with Crippen LogP contribution in [0.1, 0.15) is 24.0 Å². The van der Waals surface area contributed by atoms with Crippen LogP contribution in [-0.2, 0) is 16.0 Å². The first kappa shape index (κ1) is 19.5. The van der Waals surface area contributed by atoms with Crippen molar-refractivity contribution >= 4 is 23.2 Å². The number of hydrogen-bond acceptors (Lipinski definition) is 3. The summed E-state index contributed by atoms with van der Waals surface area (Å²) in [5.74, 6) is -0.329. The summed E-state index contributed by atoms with van der Waals surface area (Å²) in [6.45, 7) is 2.04. The van der Waals surface area contributed by atoms with Gasteiger partial charge < -0.3 is 15.5 Å². The molecule has 0 aliphatic carbocycles. The molecule has 2 aromatic carbocycles. The molecule has 2 rings (SSSR count). The van der Waals surface area contributed by atoms with Crippen LogP contribution in [0.2, 0.25) is 0 Å². The number of carbonyl (C=O) groups excluding carboxylic acids is 2. The highest BCUT2D eigenvalue weighted by molar-refractivity contribution is 5.94. The summed E-state index contributed by atoms with van der Waals surface area (Å²) < 4.78 is 0. The van der Waals surface area contributed by atoms with Crippen molar-refractivity contribution in [2.45, 2.75) is 26.2 Å². The summed E-state index contributed by atoms with van der Waals surface area (Å²) in [7, 11) is 3.92. The van der Waals surface area contributed by atoms with Crippen LogP contribution < -0.4 is 15.5 Å². The molecule has 2 aromatic rings. The summed E-state index contributed by atoms with van der Waals surface area (Å²) >= 11 is 0. The molecule has 0 spiro atoms. The van der Waals surface area contributed by atoms with Gasteiger partial charge in [0.15, 0.2) is 0 Å². The van der Waals surface area contributed by atoms with Crippen LogP contribution in [0.3, 0.4) is 0 Å². The van der Waals surface area contributed by atoms with Gasteiger partial charge in [-0.3, -0.25) is 9.59 Å². The number of nitrogens with zero attached hydrogens (tertiary/aromatic N) is 1. The van der Waals surface area contributed by atoms with Crippen LogP contribution in [0.15, 0.2) is 48.5 Å². The molecule has 0 saturated carbocycles. The maximum atomic E-state index is 11.9. The van der Waals surface area contributed by atoms with Crippen LogP contribution >= 0.6 is 0 Å². The van der Waals surface area contributed by atoms with E-state index in [0.717, 1.165) is 18.5 Å². The second kappa shape index (κ2) is 9.61. The Morgan fingerprint density at radius 3 is 2.19 bits per heavy atom. The normalized spacial score (nSPS) is 10.3. The van der Waals surface area contributed by atoms with Crippen LogP contribution in [0.25, 0.3) is 0 Å². The number of anilines is 2. The summed E-state index contributed by atoms with van der Waals surface area (Å²) in [5.41, 5.74) is 4.23. The van der Waals surface area contributed by atoms with Gasteiger partial charge >= 0.3 is 0 Å². The molecular weight excluding hydrogens is 326 g/mol. The smallest absolute Gasteiger partial charge is 0.243 e. The minimum absolute atomic E-state index is 0.0151. The molecule has 0 atom stereocenters. The van der Waals surface area contributed by atoms with Crippen LogP contribution in [-0.4, -0.2) is 32.5 Å². The van der Waals surface area contributed by atoms with Crippen molar-refractivity contribution in [1.29, 1.82) is 0 Å². The lowest BCUT2D eigenvalue weighted by molar-refractivity contribution is -0.124. The first-order valence-electron chi connectivity index (χ1n) is 8.83. The Labute approximate surface area is 155 Å². The molecule has 0 radical (unpaired) electrons. The maximum Gasteiger partial charge on any atom is 0.243 e. The van der Waals surface area contributed by atoms with Crippen LogP contribution in [0, 0.1) is 6.92 Å². The molecule has 26 heavy (non-hydrogen) atoms. The number of benzene rings is 2. The number of nitrogens with one attached hydrogen (secondary N) is 2. The molecular formula is C21H27N3O2. The average molecular weight is 353 g/mol. The predicted octanol–water partition coefficient (Wildman–Crippen LogP) is 3.14. The SMILES string of the molecule is Cc1ccc(CCCC(=O)NCC(=O)Nc2ccc(N(C)C)cc2)cc1. The van der Waals surface area contributed by atoms with E-state index in [2.05, 4.69) is 41.8 Å². The summed E-state index contributed by atoms with van der Waals surface area (Å²) in [5, 5.41) is 5.45. The predicted molar refractivity (Wildman–Crippen MR) is 107 cm³/mol. The molecule has 0 aromatic heterocycles. The van der Waals surface area contributed by atoms with E-state index in [1.54, 1.807) is 0 Å². The fourth-order valence-corrected chi connectivity index (χ4v) is 2.52. The van der Waals surface area contributed by atoms with Crippen LogP contribution in [0.4, 0.5) is 11.4 Å². The molecule has 0 heterocycles. The highest BCUT2D eigenvalue weighted by Crippen LogP contribution is 2.15. The lowest BCUT2D eigenvalue weighted by Crippen LogP contribution is -2.32. The van der Waals surface area contributed by atoms with Crippen molar-refractivity contribution in [3.8, 4) is 0 Å². The molecule has 5 heteroatoms. The van der Waals surface area contributed by atoms with Gasteiger partial charge in [-0.05, 0) is 49.6 Å². The van der Waals surface area contributed by atoms with Gasteiger partial charge in [0.2, 0.25) is 11.8 Å². The molecule has 5 nitrogen and oxygen atoms in total. The number of hydrogen-bond donors (Lipinski definition) is 2. The maximum absolute atomic E-state index is 11.9. The fourth-order valence-electron chi connectivity index (χ4n) is 2.52. The van der Waals surface area contributed by atoms with Gasteiger partial charge in [-0.2, -0.15) is 0 Å². The van der Waals surface area contributed by atoms with E-state index < -0.39 is 0 Å². The monoisotopic (exact) mass is 353 g/mol. The van der Waals surface area contributed by atoms with Crippen molar-refractivity contribution < 1.29 is 9.59 Å². The van der Waals surface area contributed by atoms with Crippen molar-refractivity contribution in [3.05, 3.63) is 59.7 Å². The Hall–Kier alpha value is -2.82. The van der Waals surface area contributed by atoms with Gasteiger partial charge in [0.25, 0.3) is 0 Å². The molecule has 0 aliphatic heterocycles. The Kier molecular flexibility index (Phi) is 7.21. The standard InChI is InChI=1S/C21H27N3O2/c1-16-7-9-17(10-8-16)5-4-6-20(25)22-15-21(26)23-18-11-13-19(14-12-18)24(2)3/h7-14H,4-6,15H2,1-3H3,(H,22,25)(H,23,26). The van der Waals surface area contributed by atoms with Gasteiger partial charge in [-0.25, -0.2) is 0 Å². The van der Waals surface area contributed by atoms with Gasteiger partial charge in [-0.1, -0.05) is 29.8 Å². The number of carbonyl (C=O) groups is 2. The van der Waals surface area contributed by atoms with Crippen molar-refractivity contribution in [2.24, 2.45) is 0 Å². The minimum atomic E-state index is -0.227. The third-order valence-electron chi connectivity index (χ3n) is 4.10. The highest BCUT2D eigenvalue weighted by atomic mass is 16.2. The zero-order valence-electron chi connectivity index (χ0n) is 15.7. The number of rotatable bonds is 8. The molecule has 0 saturated heterocycles. The van der Waals surface area contributed by atoms with E-state index in [-0.39, 0.29) is 18.4 Å². The zero-order valence-corrected chi connectivity index (χ0v) is 15.7. The molecule has 0 aliphatic rings. The zero-order chi connectivity index (χ0) is 18.9. The number of aryl methyl sites for hydroxylation is 2. The van der Waals surface area contributed by atoms with E-state index >= 15 is 0 Å². The summed E-state index contributed by atoms with van der Waals surface area (Å²) in [6.07, 6.45) is 2.04. The third kappa shape index (κ3) is 6.59. The molecule has 2 amide bonds. The van der Waals surface area contributed by atoms with E-state index in [0.29, 0.717) is 12.1 Å². The van der Waals surface area contributed by atoms with Crippen molar-refractivity contribution in [1.82, 2.24) is 5.32 Å². The van der Waals surface area contributed by atoms with Crippen molar-refractivity contribution in [3.63, 3.8) is 0 Å². The van der Waals surface area contributed by atoms with Gasteiger partial charge in [0.1, 0.15) is 0 Å². The lowest BCUT2D eigenvalue weighted by atomic mass is 10.1. The lowest BCUT2D eigenvalue weighted by Gasteiger charge is -2.13. The molecule has 0 bridgehead atoms. The fraction of sp³-hybridized carbons (Fsp3) is 0.333. The summed E-state index contributed by atoms with van der Waals surface area (Å²) in [6, 6.07) is 15.9. The molecule has 0 fully saturated rings. The second-order valence-corrected chi connectivity index (χ2v) is 6.61. The number of amides is 2. The van der Waals surface area contributed by atoms with Gasteiger partial charge in [-0.15, -0.1) is 0 Å². The first-order chi connectivity index (χ1) is 12.4. The van der Waals surface area contributed by atoms with E-state index in [4.69, 9.17) is 0 Å². The average Bonchev–Trinajstić information content (AvgIpc) is 2.62. The van der Waals surface area contributed by atoms with E-state index in [1.165, 1.54) is 11.1 Å². The summed E-state index contributed by atoms with van der Waals surface area (Å²) in [4.78, 5) is 25.8. The second-order valence-electron chi connectivity index (χ2n) is 6.61. The van der Waals surface area contributed by atoms with Gasteiger partial charge in [0.05, 0.1) is 6.54 Å². The largest absolute Gasteiger partial charge is 0.378 e. The van der Waals surface area contributed by atoms with E-state index in [1.807, 2.05) is 43.3 Å². The van der Waals surface area contributed by atoms with Crippen LogP contribution in [0.5, 0.6) is 0 Å². The Morgan fingerprint density at radius 2 is 1.58 bits per heavy atom. The first-order valence-corrected chi connectivity index (χ1v) is 8.83. The van der Waals surface area contributed by atoms with E-state index in [9.17, 15) is 9.59 Å². The Morgan fingerprint density at radius 1 is 0.923 bits per heavy atom. The molecule has 138 valence electrons.